The van der Waals surface area contributed by atoms with E-state index in [0.29, 0.717) is 11.8 Å². The Labute approximate surface area is 107 Å². The van der Waals surface area contributed by atoms with Crippen molar-refractivity contribution in [1.82, 2.24) is 15.5 Å². The maximum Gasteiger partial charge on any atom is 0.226 e. The molecule has 0 spiro atoms. The highest BCUT2D eigenvalue weighted by molar-refractivity contribution is 7.90. The molecule has 6 nitrogen and oxygen atoms in total. The first-order valence-electron chi connectivity index (χ1n) is 6.19. The lowest BCUT2D eigenvalue weighted by molar-refractivity contribution is 0.312. The van der Waals surface area contributed by atoms with Crippen LogP contribution in [0.2, 0.25) is 0 Å². The molecule has 0 saturated carbocycles. The van der Waals surface area contributed by atoms with Crippen LogP contribution >= 0.6 is 0 Å². The summed E-state index contributed by atoms with van der Waals surface area (Å²) in [4.78, 5) is 4.19. The molecule has 7 heteroatoms. The molecular formula is C11H19N3O3S. The second kappa shape index (κ2) is 5.36. The van der Waals surface area contributed by atoms with Crippen LogP contribution in [0.3, 0.4) is 0 Å². The van der Waals surface area contributed by atoms with Gasteiger partial charge >= 0.3 is 0 Å². The second-order valence-corrected chi connectivity index (χ2v) is 7.28. The van der Waals surface area contributed by atoms with Crippen LogP contribution in [0.15, 0.2) is 4.52 Å². The van der Waals surface area contributed by atoms with Crippen LogP contribution in [0.1, 0.15) is 36.7 Å². The van der Waals surface area contributed by atoms with Crippen molar-refractivity contribution < 1.29 is 12.9 Å². The first-order valence-corrected chi connectivity index (χ1v) is 8.14. The Hall–Kier alpha value is -0.950. The number of hydrogen-bond acceptors (Lipinski definition) is 6. The molecule has 1 unspecified atom stereocenters. The van der Waals surface area contributed by atoms with Crippen molar-refractivity contribution in [3.63, 3.8) is 0 Å². The molecule has 102 valence electrons. The lowest BCUT2D eigenvalue weighted by Crippen LogP contribution is -2.28. The van der Waals surface area contributed by atoms with Crippen LogP contribution in [0.4, 0.5) is 0 Å². The van der Waals surface area contributed by atoms with Crippen LogP contribution in [-0.2, 0) is 16.3 Å². The lowest BCUT2D eigenvalue weighted by atomic mass is 9.95. The Morgan fingerprint density at radius 2 is 2.11 bits per heavy atom. The highest BCUT2D eigenvalue weighted by atomic mass is 32.2. The van der Waals surface area contributed by atoms with Crippen LogP contribution in [0, 0.1) is 5.92 Å². The first kappa shape index (κ1) is 13.5. The molecule has 1 aromatic rings. The molecule has 0 bridgehead atoms. The minimum absolute atomic E-state index is 0.265. The number of hydrogen-bond donors (Lipinski definition) is 1. The van der Waals surface area contributed by atoms with Crippen molar-refractivity contribution >= 4 is 9.84 Å². The molecule has 0 aromatic carbocycles. The van der Waals surface area contributed by atoms with E-state index in [0.717, 1.165) is 32.4 Å². The summed E-state index contributed by atoms with van der Waals surface area (Å²) >= 11 is 0. The van der Waals surface area contributed by atoms with E-state index in [9.17, 15) is 8.42 Å². The zero-order chi connectivity index (χ0) is 13.2. The molecule has 1 fully saturated rings. The topological polar surface area (TPSA) is 85.1 Å². The van der Waals surface area contributed by atoms with Crippen LogP contribution < -0.4 is 5.32 Å². The van der Waals surface area contributed by atoms with E-state index in [-0.39, 0.29) is 5.82 Å². The van der Waals surface area contributed by atoms with E-state index in [1.165, 1.54) is 6.26 Å². The van der Waals surface area contributed by atoms with Crippen molar-refractivity contribution in [3.8, 4) is 0 Å². The van der Waals surface area contributed by atoms with Crippen LogP contribution in [0.5, 0.6) is 0 Å². The molecule has 1 aromatic heterocycles. The summed E-state index contributed by atoms with van der Waals surface area (Å²) < 4.78 is 27.9. The van der Waals surface area contributed by atoms with Gasteiger partial charge in [0.2, 0.25) is 5.89 Å². The Kier molecular flexibility index (Phi) is 4.01. The number of piperidine rings is 1. The standard InChI is InChI=1S/C11H19N3O3S/c1-8(18(2,15)16)11-13-10(17-14-11)7-9-3-5-12-6-4-9/h8-9,12H,3-7H2,1-2H3. The van der Waals surface area contributed by atoms with Crippen LogP contribution in [-0.4, -0.2) is 37.9 Å². The largest absolute Gasteiger partial charge is 0.339 e. The van der Waals surface area contributed by atoms with Gasteiger partial charge in [-0.1, -0.05) is 5.16 Å². The Balaban J connectivity index is 2.01. The zero-order valence-corrected chi connectivity index (χ0v) is 11.5. The highest BCUT2D eigenvalue weighted by Crippen LogP contribution is 2.21. The van der Waals surface area contributed by atoms with Gasteiger partial charge in [-0.05, 0) is 38.8 Å². The van der Waals surface area contributed by atoms with Gasteiger partial charge in [-0.2, -0.15) is 4.98 Å². The molecule has 0 aliphatic carbocycles. The number of nitrogens with zero attached hydrogens (tertiary/aromatic N) is 2. The Bertz CT molecular complexity index is 491. The predicted molar refractivity (Wildman–Crippen MR) is 66.9 cm³/mol. The van der Waals surface area contributed by atoms with Gasteiger partial charge in [0.1, 0.15) is 5.25 Å². The van der Waals surface area contributed by atoms with Gasteiger partial charge in [-0.3, -0.25) is 0 Å². The van der Waals surface area contributed by atoms with E-state index in [4.69, 9.17) is 4.52 Å². The predicted octanol–water partition coefficient (Wildman–Crippen LogP) is 0.717. The van der Waals surface area contributed by atoms with E-state index in [1.54, 1.807) is 6.92 Å². The molecule has 1 N–H and O–H groups in total. The highest BCUT2D eigenvalue weighted by Gasteiger charge is 2.24. The second-order valence-electron chi connectivity index (χ2n) is 4.92. The smallest absolute Gasteiger partial charge is 0.226 e. The fourth-order valence-electron chi connectivity index (χ4n) is 2.04. The third-order valence-corrected chi connectivity index (χ3v) is 4.91. The zero-order valence-electron chi connectivity index (χ0n) is 10.7. The third-order valence-electron chi connectivity index (χ3n) is 3.41. The van der Waals surface area contributed by atoms with Gasteiger partial charge in [-0.15, -0.1) is 0 Å². The normalized spacial score (nSPS) is 19.9. The number of nitrogens with one attached hydrogen (secondary N) is 1. The summed E-state index contributed by atoms with van der Waals surface area (Å²) in [5.74, 6) is 1.36. The molecule has 1 atom stereocenters. The third kappa shape index (κ3) is 3.29. The average Bonchev–Trinajstić information content (AvgIpc) is 2.76. The summed E-state index contributed by atoms with van der Waals surface area (Å²) in [6, 6.07) is 0. The quantitative estimate of drug-likeness (QED) is 0.870. The van der Waals surface area contributed by atoms with Gasteiger partial charge in [-0.25, -0.2) is 8.42 Å². The fourth-order valence-corrected chi connectivity index (χ4v) is 2.52. The average molecular weight is 273 g/mol. The molecule has 1 saturated heterocycles. The molecular weight excluding hydrogens is 254 g/mol. The minimum Gasteiger partial charge on any atom is -0.339 e. The van der Waals surface area contributed by atoms with Crippen molar-refractivity contribution in [2.45, 2.75) is 31.4 Å². The maximum atomic E-state index is 11.4. The summed E-state index contributed by atoms with van der Waals surface area (Å²) in [5, 5.41) is 6.36. The summed E-state index contributed by atoms with van der Waals surface area (Å²) in [5.41, 5.74) is 0. The number of rotatable bonds is 4. The summed E-state index contributed by atoms with van der Waals surface area (Å²) in [6.07, 6.45) is 4.12. The summed E-state index contributed by atoms with van der Waals surface area (Å²) in [6.45, 7) is 3.62. The lowest BCUT2D eigenvalue weighted by Gasteiger charge is -2.20. The van der Waals surface area contributed by atoms with Gasteiger partial charge < -0.3 is 9.84 Å². The minimum atomic E-state index is -3.17. The van der Waals surface area contributed by atoms with Crippen molar-refractivity contribution in [2.24, 2.45) is 5.92 Å². The van der Waals surface area contributed by atoms with Gasteiger partial charge in [0.15, 0.2) is 15.7 Å². The van der Waals surface area contributed by atoms with Crippen LogP contribution in [0.25, 0.3) is 0 Å². The Morgan fingerprint density at radius 1 is 1.44 bits per heavy atom. The fraction of sp³-hybridized carbons (Fsp3) is 0.818. The summed E-state index contributed by atoms with van der Waals surface area (Å²) in [7, 11) is -3.17. The molecule has 2 heterocycles. The molecule has 18 heavy (non-hydrogen) atoms. The maximum absolute atomic E-state index is 11.4. The number of sulfone groups is 1. The van der Waals surface area contributed by atoms with Gasteiger partial charge in [0.05, 0.1) is 0 Å². The molecule has 0 radical (unpaired) electrons. The van der Waals surface area contributed by atoms with Crippen molar-refractivity contribution in [2.75, 3.05) is 19.3 Å². The number of aromatic nitrogens is 2. The van der Waals surface area contributed by atoms with Crippen molar-refractivity contribution in [1.29, 1.82) is 0 Å². The van der Waals surface area contributed by atoms with E-state index in [1.807, 2.05) is 0 Å². The van der Waals surface area contributed by atoms with E-state index < -0.39 is 15.1 Å². The SMILES string of the molecule is CC(c1noc(CC2CCNCC2)n1)S(C)(=O)=O. The van der Waals surface area contributed by atoms with Gasteiger partial charge in [0.25, 0.3) is 0 Å². The molecule has 2 rings (SSSR count). The van der Waals surface area contributed by atoms with Crippen molar-refractivity contribution in [3.05, 3.63) is 11.7 Å². The molecule has 0 amide bonds. The Morgan fingerprint density at radius 3 is 2.72 bits per heavy atom. The molecule has 1 aliphatic heterocycles. The molecule has 1 aliphatic rings. The monoisotopic (exact) mass is 273 g/mol. The van der Waals surface area contributed by atoms with E-state index in [2.05, 4.69) is 15.5 Å². The van der Waals surface area contributed by atoms with Gasteiger partial charge in [0, 0.05) is 12.7 Å². The first-order chi connectivity index (χ1) is 8.47. The van der Waals surface area contributed by atoms with E-state index >= 15 is 0 Å².